The highest BCUT2D eigenvalue weighted by molar-refractivity contribution is 7.89. The molecule has 0 aliphatic rings. The molecule has 0 unspecified atom stereocenters. The summed E-state index contributed by atoms with van der Waals surface area (Å²) in [5.41, 5.74) is 2.42. The lowest BCUT2D eigenvalue weighted by Crippen LogP contribution is -2.54. The van der Waals surface area contributed by atoms with E-state index in [-0.39, 0.29) is 23.9 Å². The average Bonchev–Trinajstić information content (AvgIpc) is 2.71. The summed E-state index contributed by atoms with van der Waals surface area (Å²) in [4.78, 5) is 27.7. The summed E-state index contributed by atoms with van der Waals surface area (Å²) in [7, 11) is -2.48. The van der Waals surface area contributed by atoms with Crippen LogP contribution >= 0.6 is 0 Å². The summed E-state index contributed by atoms with van der Waals surface area (Å²) >= 11 is 0. The van der Waals surface area contributed by atoms with Gasteiger partial charge < -0.3 is 10.2 Å². The zero-order chi connectivity index (χ0) is 25.0. The summed E-state index contributed by atoms with van der Waals surface area (Å²) in [6.45, 7) is 10.9. The number of amides is 2. The molecular weight excluding hydrogens is 438 g/mol. The van der Waals surface area contributed by atoms with Crippen molar-refractivity contribution in [3.8, 4) is 0 Å². The quantitative estimate of drug-likeness (QED) is 0.638. The van der Waals surface area contributed by atoms with Gasteiger partial charge in [0, 0.05) is 19.1 Å². The van der Waals surface area contributed by atoms with Gasteiger partial charge in [0.1, 0.15) is 6.04 Å². The second-order valence-electron chi connectivity index (χ2n) is 9.50. The summed E-state index contributed by atoms with van der Waals surface area (Å²) < 4.78 is 27.0. The van der Waals surface area contributed by atoms with E-state index in [1.807, 2.05) is 58.9 Å². The van der Waals surface area contributed by atoms with Crippen molar-refractivity contribution < 1.29 is 18.0 Å². The zero-order valence-electron chi connectivity index (χ0n) is 20.5. The Balaban J connectivity index is 2.28. The number of nitrogens with zero attached hydrogens (tertiary/aromatic N) is 2. The first-order chi connectivity index (χ1) is 15.2. The van der Waals surface area contributed by atoms with Crippen LogP contribution in [0.3, 0.4) is 0 Å². The minimum atomic E-state index is -3.85. The Bertz CT molecular complexity index is 1070. The van der Waals surface area contributed by atoms with Gasteiger partial charge in [-0.05, 0) is 59.2 Å². The van der Waals surface area contributed by atoms with Crippen LogP contribution in [0.15, 0.2) is 53.4 Å². The van der Waals surface area contributed by atoms with Gasteiger partial charge in [-0.1, -0.05) is 47.5 Å². The first-order valence-electron chi connectivity index (χ1n) is 10.9. The van der Waals surface area contributed by atoms with Crippen molar-refractivity contribution in [1.29, 1.82) is 0 Å². The van der Waals surface area contributed by atoms with Gasteiger partial charge in [0.2, 0.25) is 21.8 Å². The molecule has 0 aliphatic heterocycles. The Morgan fingerprint density at radius 3 is 1.91 bits per heavy atom. The molecule has 180 valence electrons. The Hall–Kier alpha value is -2.71. The van der Waals surface area contributed by atoms with Crippen molar-refractivity contribution in [1.82, 2.24) is 14.5 Å². The maximum absolute atomic E-state index is 13.3. The van der Waals surface area contributed by atoms with Gasteiger partial charge in [-0.25, -0.2) is 8.42 Å². The number of carbonyl (C=O) groups excluding carboxylic acids is 2. The monoisotopic (exact) mass is 473 g/mol. The van der Waals surface area contributed by atoms with Gasteiger partial charge >= 0.3 is 0 Å². The maximum atomic E-state index is 13.3. The molecule has 0 aliphatic carbocycles. The number of likely N-dealkylation sites (N-methyl/N-ethyl adjacent to an activating group) is 1. The van der Waals surface area contributed by atoms with Crippen molar-refractivity contribution in [2.75, 3.05) is 13.6 Å². The van der Waals surface area contributed by atoms with Gasteiger partial charge in [0.25, 0.3) is 0 Å². The zero-order valence-corrected chi connectivity index (χ0v) is 21.4. The second kappa shape index (κ2) is 10.5. The molecule has 0 fully saturated rings. The van der Waals surface area contributed by atoms with Crippen LogP contribution in [0.25, 0.3) is 0 Å². The van der Waals surface area contributed by atoms with Crippen molar-refractivity contribution in [2.45, 2.75) is 64.6 Å². The van der Waals surface area contributed by atoms with Crippen LogP contribution in [0.2, 0.25) is 0 Å². The summed E-state index contributed by atoms with van der Waals surface area (Å²) in [6, 6.07) is 13.4. The molecule has 0 saturated carbocycles. The lowest BCUT2D eigenvalue weighted by Gasteiger charge is -2.32. The molecule has 0 spiro atoms. The van der Waals surface area contributed by atoms with Gasteiger partial charge in [-0.2, -0.15) is 4.31 Å². The van der Waals surface area contributed by atoms with Gasteiger partial charge in [0.05, 0.1) is 11.4 Å². The number of benzene rings is 2. The Kier molecular flexibility index (Phi) is 8.43. The van der Waals surface area contributed by atoms with E-state index in [1.54, 1.807) is 19.1 Å². The summed E-state index contributed by atoms with van der Waals surface area (Å²) in [6.07, 6.45) is 0. The van der Waals surface area contributed by atoms with E-state index in [9.17, 15) is 18.0 Å². The van der Waals surface area contributed by atoms with Crippen LogP contribution in [0.5, 0.6) is 0 Å². The van der Waals surface area contributed by atoms with Crippen LogP contribution in [0.4, 0.5) is 0 Å². The third kappa shape index (κ3) is 7.40. The number of carbonyl (C=O) groups is 2. The molecule has 7 nitrogen and oxygen atoms in total. The first-order valence-corrected chi connectivity index (χ1v) is 12.3. The van der Waals surface area contributed by atoms with Crippen LogP contribution < -0.4 is 5.32 Å². The van der Waals surface area contributed by atoms with E-state index in [0.717, 1.165) is 21.0 Å². The van der Waals surface area contributed by atoms with Crippen molar-refractivity contribution >= 4 is 21.8 Å². The molecule has 2 amide bonds. The predicted molar refractivity (Wildman–Crippen MR) is 130 cm³/mol. The molecule has 0 saturated heterocycles. The molecule has 2 aromatic rings. The number of hydrogen-bond donors (Lipinski definition) is 1. The van der Waals surface area contributed by atoms with Gasteiger partial charge in [-0.15, -0.1) is 0 Å². The molecule has 2 rings (SSSR count). The third-order valence-electron chi connectivity index (χ3n) is 5.23. The minimum absolute atomic E-state index is 0.118. The van der Waals surface area contributed by atoms with E-state index in [0.29, 0.717) is 0 Å². The number of sulfonamides is 1. The van der Waals surface area contributed by atoms with E-state index < -0.39 is 27.5 Å². The smallest absolute Gasteiger partial charge is 0.243 e. The van der Waals surface area contributed by atoms with E-state index in [4.69, 9.17) is 0 Å². The van der Waals surface area contributed by atoms with Crippen molar-refractivity contribution in [3.63, 3.8) is 0 Å². The minimum Gasteiger partial charge on any atom is -0.350 e. The van der Waals surface area contributed by atoms with Gasteiger partial charge in [0.15, 0.2) is 0 Å². The standard InChI is InChI=1S/C25H35N3O4S/c1-18-8-12-21(13-9-18)16-28(20(3)24(30)26-25(4,5)6)23(29)17-27(7)33(31,32)22-14-10-19(2)11-15-22/h8-15,20H,16-17H2,1-7H3,(H,26,30)/t20-/m1/s1. The molecule has 0 radical (unpaired) electrons. The normalized spacial score (nSPS) is 13.0. The van der Waals surface area contributed by atoms with Crippen LogP contribution in [-0.4, -0.2) is 54.6 Å². The fraction of sp³-hybridized carbons (Fsp3) is 0.440. The average molecular weight is 474 g/mol. The fourth-order valence-electron chi connectivity index (χ4n) is 3.20. The topological polar surface area (TPSA) is 86.8 Å². The molecule has 1 atom stereocenters. The molecule has 0 bridgehead atoms. The van der Waals surface area contributed by atoms with Crippen molar-refractivity contribution in [2.24, 2.45) is 0 Å². The van der Waals surface area contributed by atoms with Gasteiger partial charge in [-0.3, -0.25) is 9.59 Å². The maximum Gasteiger partial charge on any atom is 0.243 e. The summed E-state index contributed by atoms with van der Waals surface area (Å²) in [5, 5.41) is 2.90. The molecular formula is C25H35N3O4S. The lowest BCUT2D eigenvalue weighted by atomic mass is 10.1. The fourth-order valence-corrected chi connectivity index (χ4v) is 4.32. The molecule has 33 heavy (non-hydrogen) atoms. The Morgan fingerprint density at radius 2 is 1.42 bits per heavy atom. The Labute approximate surface area is 197 Å². The number of aryl methyl sites for hydroxylation is 2. The van der Waals surface area contributed by atoms with Crippen molar-refractivity contribution in [3.05, 3.63) is 65.2 Å². The summed E-state index contributed by atoms with van der Waals surface area (Å²) in [5.74, 6) is -0.752. The number of rotatable bonds is 8. The highest BCUT2D eigenvalue weighted by Gasteiger charge is 2.31. The molecule has 0 heterocycles. The first kappa shape index (κ1) is 26.5. The predicted octanol–water partition coefficient (Wildman–Crippen LogP) is 3.26. The molecule has 8 heteroatoms. The number of nitrogens with one attached hydrogen (secondary N) is 1. The SMILES string of the molecule is Cc1ccc(CN(C(=O)CN(C)S(=O)(=O)c2ccc(C)cc2)[C@H](C)C(=O)NC(C)(C)C)cc1. The molecule has 2 aromatic carbocycles. The van der Waals surface area contributed by atoms with Crippen LogP contribution in [0.1, 0.15) is 44.4 Å². The van der Waals surface area contributed by atoms with E-state index >= 15 is 0 Å². The van der Waals surface area contributed by atoms with E-state index in [1.165, 1.54) is 24.1 Å². The molecule has 1 N–H and O–H groups in total. The molecule has 0 aromatic heterocycles. The highest BCUT2D eigenvalue weighted by atomic mass is 32.2. The Morgan fingerprint density at radius 1 is 0.939 bits per heavy atom. The lowest BCUT2D eigenvalue weighted by molar-refractivity contribution is -0.141. The largest absolute Gasteiger partial charge is 0.350 e. The van der Waals surface area contributed by atoms with E-state index in [2.05, 4.69) is 5.32 Å². The second-order valence-corrected chi connectivity index (χ2v) is 11.5. The van der Waals surface area contributed by atoms with Crippen LogP contribution in [0, 0.1) is 13.8 Å². The third-order valence-corrected chi connectivity index (χ3v) is 7.04. The number of hydrogen-bond acceptors (Lipinski definition) is 4. The highest BCUT2D eigenvalue weighted by Crippen LogP contribution is 2.17. The van der Waals surface area contributed by atoms with Crippen LogP contribution in [-0.2, 0) is 26.2 Å².